The first kappa shape index (κ1) is 19.3. The van der Waals surface area contributed by atoms with Crippen molar-refractivity contribution in [3.63, 3.8) is 0 Å². The normalized spacial score (nSPS) is 11.9. The molecule has 0 saturated heterocycles. The molecule has 0 aliphatic carbocycles. The van der Waals surface area contributed by atoms with E-state index in [2.05, 4.69) is 10.0 Å². The molecule has 2 aromatic carbocycles. The maximum Gasteiger partial charge on any atom is 0.265 e. The highest BCUT2D eigenvalue weighted by atomic mass is 32.2. The van der Waals surface area contributed by atoms with Gasteiger partial charge in [-0.2, -0.15) is 5.26 Å². The van der Waals surface area contributed by atoms with Crippen LogP contribution in [0.4, 0.5) is 11.4 Å². The first-order chi connectivity index (χ1) is 12.2. The van der Waals surface area contributed by atoms with Gasteiger partial charge >= 0.3 is 0 Å². The largest absolute Gasteiger partial charge is 0.481 e. The van der Waals surface area contributed by atoms with Gasteiger partial charge in [0.25, 0.3) is 5.91 Å². The van der Waals surface area contributed by atoms with Gasteiger partial charge in [-0.25, -0.2) is 8.42 Å². The fourth-order valence-electron chi connectivity index (χ4n) is 2.12. The summed E-state index contributed by atoms with van der Waals surface area (Å²) in [4.78, 5) is 12.3. The van der Waals surface area contributed by atoms with Crippen LogP contribution in [0, 0.1) is 18.3 Å². The van der Waals surface area contributed by atoms with E-state index in [-0.39, 0.29) is 5.91 Å². The third-order valence-electron chi connectivity index (χ3n) is 3.47. The number of amides is 1. The number of sulfonamides is 1. The monoisotopic (exact) mass is 373 g/mol. The van der Waals surface area contributed by atoms with Crippen LogP contribution in [0.1, 0.15) is 18.1 Å². The van der Waals surface area contributed by atoms with Crippen LogP contribution >= 0.6 is 0 Å². The number of carbonyl (C=O) groups excluding carboxylic acids is 1. The maximum atomic E-state index is 12.3. The van der Waals surface area contributed by atoms with Gasteiger partial charge in [0.1, 0.15) is 5.75 Å². The molecule has 1 atom stereocenters. The Kier molecular flexibility index (Phi) is 5.85. The Morgan fingerprint density at radius 3 is 2.42 bits per heavy atom. The van der Waals surface area contributed by atoms with Crippen molar-refractivity contribution in [3.8, 4) is 11.8 Å². The second-order valence-corrected chi connectivity index (χ2v) is 7.54. The molecule has 0 bridgehead atoms. The number of nitriles is 1. The molecule has 0 radical (unpaired) electrons. The van der Waals surface area contributed by atoms with E-state index in [9.17, 15) is 13.2 Å². The Hall–Kier alpha value is -3.05. The molecule has 2 rings (SSSR count). The van der Waals surface area contributed by atoms with Gasteiger partial charge in [-0.1, -0.05) is 6.07 Å². The Morgan fingerprint density at radius 2 is 1.85 bits per heavy atom. The third kappa shape index (κ3) is 5.50. The zero-order valence-corrected chi connectivity index (χ0v) is 15.4. The van der Waals surface area contributed by atoms with Crippen molar-refractivity contribution in [3.05, 3.63) is 53.6 Å². The van der Waals surface area contributed by atoms with Crippen molar-refractivity contribution in [2.45, 2.75) is 20.0 Å². The van der Waals surface area contributed by atoms with E-state index in [1.54, 1.807) is 56.3 Å². The van der Waals surface area contributed by atoms with Gasteiger partial charge in [0.15, 0.2) is 6.10 Å². The van der Waals surface area contributed by atoms with E-state index in [0.29, 0.717) is 22.7 Å². The molecule has 0 fully saturated rings. The van der Waals surface area contributed by atoms with Crippen LogP contribution in [0.3, 0.4) is 0 Å². The molecule has 8 heteroatoms. The molecule has 0 aromatic heterocycles. The summed E-state index contributed by atoms with van der Waals surface area (Å²) >= 11 is 0. The zero-order chi connectivity index (χ0) is 19.3. The molecule has 1 unspecified atom stereocenters. The molecule has 0 saturated carbocycles. The van der Waals surface area contributed by atoms with Crippen molar-refractivity contribution < 1.29 is 17.9 Å². The number of anilines is 2. The summed E-state index contributed by atoms with van der Waals surface area (Å²) in [5.74, 6) is 0.0820. The number of rotatable bonds is 6. The molecule has 0 spiro atoms. The van der Waals surface area contributed by atoms with E-state index < -0.39 is 16.1 Å². The maximum absolute atomic E-state index is 12.3. The highest BCUT2D eigenvalue weighted by molar-refractivity contribution is 7.92. The summed E-state index contributed by atoms with van der Waals surface area (Å²) < 4.78 is 30.8. The molecular weight excluding hydrogens is 354 g/mol. The van der Waals surface area contributed by atoms with E-state index in [1.165, 1.54) is 0 Å². The summed E-state index contributed by atoms with van der Waals surface area (Å²) in [7, 11) is -3.42. The smallest absolute Gasteiger partial charge is 0.265 e. The number of benzene rings is 2. The molecule has 26 heavy (non-hydrogen) atoms. The minimum Gasteiger partial charge on any atom is -0.481 e. The fraction of sp³-hybridized carbons (Fsp3) is 0.222. The molecule has 1 amide bonds. The average molecular weight is 373 g/mol. The van der Waals surface area contributed by atoms with Crippen LogP contribution < -0.4 is 14.8 Å². The van der Waals surface area contributed by atoms with Crippen LogP contribution in [0.15, 0.2) is 42.5 Å². The van der Waals surface area contributed by atoms with Crippen molar-refractivity contribution in [1.29, 1.82) is 5.26 Å². The van der Waals surface area contributed by atoms with Crippen LogP contribution in [0.25, 0.3) is 0 Å². The van der Waals surface area contributed by atoms with Crippen molar-refractivity contribution >= 4 is 27.3 Å². The topological polar surface area (TPSA) is 108 Å². The molecule has 2 N–H and O–H groups in total. The van der Waals surface area contributed by atoms with Gasteiger partial charge in [0.05, 0.1) is 23.6 Å². The summed E-state index contributed by atoms with van der Waals surface area (Å²) in [5, 5.41) is 11.5. The lowest BCUT2D eigenvalue weighted by molar-refractivity contribution is -0.122. The van der Waals surface area contributed by atoms with Crippen LogP contribution in [0.2, 0.25) is 0 Å². The van der Waals surface area contributed by atoms with E-state index >= 15 is 0 Å². The van der Waals surface area contributed by atoms with Gasteiger partial charge in [0.2, 0.25) is 10.0 Å². The molecular formula is C18H19N3O4S. The third-order valence-corrected chi connectivity index (χ3v) is 4.06. The second kappa shape index (κ2) is 7.89. The average Bonchev–Trinajstić information content (AvgIpc) is 2.57. The van der Waals surface area contributed by atoms with Crippen LogP contribution in [0.5, 0.6) is 5.75 Å². The lowest BCUT2D eigenvalue weighted by atomic mass is 10.2. The minimum absolute atomic E-state index is 0.386. The van der Waals surface area contributed by atoms with Crippen molar-refractivity contribution in [2.24, 2.45) is 0 Å². The summed E-state index contributed by atoms with van der Waals surface area (Å²) in [5.41, 5.74) is 2.07. The predicted octanol–water partition coefficient (Wildman–Crippen LogP) is 2.64. The standard InChI is InChI=1S/C18H19N3O4S/c1-12-4-7-15(10-17(12)21-26(3,23)24)20-18(22)13(2)25-16-8-5-14(11-19)6-9-16/h4-10,13,21H,1-3H3,(H,20,22). The lowest BCUT2D eigenvalue weighted by Gasteiger charge is -2.16. The Labute approximate surface area is 152 Å². The zero-order valence-electron chi connectivity index (χ0n) is 14.6. The molecule has 136 valence electrons. The minimum atomic E-state index is -3.42. The van der Waals surface area contributed by atoms with Gasteiger partial charge in [0, 0.05) is 5.69 Å². The van der Waals surface area contributed by atoms with Crippen molar-refractivity contribution in [2.75, 3.05) is 16.3 Å². The molecule has 7 nitrogen and oxygen atoms in total. The Balaban J connectivity index is 2.06. The number of nitrogens with one attached hydrogen (secondary N) is 2. The molecule has 0 aliphatic heterocycles. The summed E-state index contributed by atoms with van der Waals surface area (Å²) in [6.07, 6.45) is 0.279. The first-order valence-electron chi connectivity index (χ1n) is 7.74. The van der Waals surface area contributed by atoms with Gasteiger partial charge in [-0.15, -0.1) is 0 Å². The van der Waals surface area contributed by atoms with Crippen LogP contribution in [-0.2, 0) is 14.8 Å². The highest BCUT2D eigenvalue weighted by Crippen LogP contribution is 2.22. The van der Waals surface area contributed by atoms with E-state index in [1.807, 2.05) is 6.07 Å². The van der Waals surface area contributed by atoms with Gasteiger partial charge in [-0.05, 0) is 55.8 Å². The number of hydrogen-bond acceptors (Lipinski definition) is 5. The van der Waals surface area contributed by atoms with E-state index in [4.69, 9.17) is 10.00 Å². The van der Waals surface area contributed by atoms with Crippen molar-refractivity contribution in [1.82, 2.24) is 0 Å². The van der Waals surface area contributed by atoms with Gasteiger partial charge < -0.3 is 10.1 Å². The number of ether oxygens (including phenoxy) is 1. The van der Waals surface area contributed by atoms with Gasteiger partial charge in [-0.3, -0.25) is 9.52 Å². The predicted molar refractivity (Wildman–Crippen MR) is 99.5 cm³/mol. The Morgan fingerprint density at radius 1 is 1.19 bits per heavy atom. The summed E-state index contributed by atoms with van der Waals surface area (Å²) in [6.45, 7) is 3.35. The summed E-state index contributed by atoms with van der Waals surface area (Å²) in [6, 6.07) is 13.4. The number of hydrogen-bond donors (Lipinski definition) is 2. The SMILES string of the molecule is Cc1ccc(NC(=O)C(C)Oc2ccc(C#N)cc2)cc1NS(C)(=O)=O. The molecule has 0 aliphatic rings. The Bertz CT molecular complexity index is 947. The number of carbonyl (C=O) groups is 1. The number of aryl methyl sites for hydroxylation is 1. The molecule has 0 heterocycles. The van der Waals surface area contributed by atoms with Crippen LogP contribution in [-0.4, -0.2) is 26.7 Å². The molecule has 2 aromatic rings. The second-order valence-electron chi connectivity index (χ2n) is 5.79. The number of nitrogens with zero attached hydrogens (tertiary/aromatic N) is 1. The lowest BCUT2D eigenvalue weighted by Crippen LogP contribution is -2.30. The highest BCUT2D eigenvalue weighted by Gasteiger charge is 2.16. The fourth-order valence-corrected chi connectivity index (χ4v) is 2.74. The quantitative estimate of drug-likeness (QED) is 0.809. The van der Waals surface area contributed by atoms with E-state index in [0.717, 1.165) is 11.8 Å². The first-order valence-corrected chi connectivity index (χ1v) is 9.63.